The van der Waals surface area contributed by atoms with Crippen LogP contribution in [-0.2, 0) is 4.74 Å². The quantitative estimate of drug-likeness (QED) is 0.686. The summed E-state index contributed by atoms with van der Waals surface area (Å²) >= 11 is 0. The fourth-order valence-electron chi connectivity index (χ4n) is 0.784. The van der Waals surface area contributed by atoms with Crippen molar-refractivity contribution >= 4 is 0 Å². The largest absolute Gasteiger partial charge is 0.406 e. The normalized spacial score (nSPS) is 14.7. The fraction of sp³-hybridized carbons (Fsp3) is 0.900. The van der Waals surface area contributed by atoms with Gasteiger partial charge in [-0.05, 0) is 11.8 Å². The van der Waals surface area contributed by atoms with Crippen LogP contribution in [0.5, 0.6) is 0 Å². The molecule has 0 aromatic heterocycles. The Kier molecular flexibility index (Phi) is 5.09. The molecule has 0 heterocycles. The lowest BCUT2D eigenvalue weighted by atomic mass is 9.93. The predicted octanol–water partition coefficient (Wildman–Crippen LogP) is 3.14. The second-order valence-electron chi connectivity index (χ2n) is 4.61. The Morgan fingerprint density at radius 1 is 1.27 bits per heavy atom. The van der Waals surface area contributed by atoms with Crippen molar-refractivity contribution in [2.45, 2.75) is 33.4 Å². The van der Waals surface area contributed by atoms with Gasteiger partial charge in [0.15, 0.2) is 5.92 Å². The molecule has 1 unspecified atom stereocenters. The van der Waals surface area contributed by atoms with E-state index in [1.165, 1.54) is 6.07 Å². The molecule has 0 saturated carbocycles. The van der Waals surface area contributed by atoms with Crippen LogP contribution in [0.15, 0.2) is 0 Å². The van der Waals surface area contributed by atoms with Gasteiger partial charge in [0.1, 0.15) is 0 Å². The summed E-state index contributed by atoms with van der Waals surface area (Å²) in [6, 6.07) is 1.19. The highest BCUT2D eigenvalue weighted by molar-refractivity contribution is 4.88. The van der Waals surface area contributed by atoms with Gasteiger partial charge in [-0.25, -0.2) is 0 Å². The molecule has 0 aromatic rings. The molecule has 0 aliphatic heterocycles. The molecule has 0 fully saturated rings. The topological polar surface area (TPSA) is 33.0 Å². The van der Waals surface area contributed by atoms with E-state index < -0.39 is 18.7 Å². The smallest absolute Gasteiger partial charge is 0.380 e. The van der Waals surface area contributed by atoms with Gasteiger partial charge in [0.25, 0.3) is 0 Å². The van der Waals surface area contributed by atoms with Crippen LogP contribution in [0, 0.1) is 22.7 Å². The van der Waals surface area contributed by atoms with E-state index in [0.717, 1.165) is 0 Å². The summed E-state index contributed by atoms with van der Waals surface area (Å²) in [5.41, 5.74) is 0.0281. The highest BCUT2D eigenvalue weighted by Crippen LogP contribution is 2.26. The average Bonchev–Trinajstić information content (AvgIpc) is 1.99. The van der Waals surface area contributed by atoms with Crippen LogP contribution in [0.1, 0.15) is 27.2 Å². The fourth-order valence-corrected chi connectivity index (χ4v) is 0.784. The Morgan fingerprint density at radius 3 is 2.13 bits per heavy atom. The highest BCUT2D eigenvalue weighted by Gasteiger charge is 2.40. The summed E-state index contributed by atoms with van der Waals surface area (Å²) in [7, 11) is 0. The third kappa shape index (κ3) is 7.20. The first-order valence-electron chi connectivity index (χ1n) is 4.71. The van der Waals surface area contributed by atoms with Crippen molar-refractivity contribution < 1.29 is 17.9 Å². The van der Waals surface area contributed by atoms with Crippen molar-refractivity contribution in [3.63, 3.8) is 0 Å². The minimum atomic E-state index is -4.49. The Bertz CT molecular complexity index is 224. The van der Waals surface area contributed by atoms with E-state index in [-0.39, 0.29) is 12.0 Å². The standard InChI is InChI=1S/C10H16F3NO/c1-9(2,3)4-5-15-7-8(6-14)10(11,12)13/h8H,4-5,7H2,1-3H3. The lowest BCUT2D eigenvalue weighted by Gasteiger charge is -2.19. The molecule has 5 heteroatoms. The average molecular weight is 223 g/mol. The number of halogens is 3. The maximum absolute atomic E-state index is 12.1. The molecule has 88 valence electrons. The van der Waals surface area contributed by atoms with Crippen molar-refractivity contribution in [3.05, 3.63) is 0 Å². The number of hydrogen-bond donors (Lipinski definition) is 0. The minimum Gasteiger partial charge on any atom is -0.380 e. The van der Waals surface area contributed by atoms with Crippen molar-refractivity contribution in [1.29, 1.82) is 5.26 Å². The van der Waals surface area contributed by atoms with Crippen LogP contribution < -0.4 is 0 Å². The zero-order valence-corrected chi connectivity index (χ0v) is 9.19. The monoisotopic (exact) mass is 223 g/mol. The third-order valence-electron chi connectivity index (χ3n) is 1.83. The third-order valence-corrected chi connectivity index (χ3v) is 1.83. The molecule has 1 atom stereocenters. The lowest BCUT2D eigenvalue weighted by Crippen LogP contribution is -2.26. The van der Waals surface area contributed by atoms with Crippen LogP contribution in [-0.4, -0.2) is 19.4 Å². The minimum absolute atomic E-state index is 0.0281. The van der Waals surface area contributed by atoms with Crippen molar-refractivity contribution in [1.82, 2.24) is 0 Å². The predicted molar refractivity (Wildman–Crippen MR) is 50.0 cm³/mol. The molecule has 0 spiro atoms. The zero-order valence-electron chi connectivity index (χ0n) is 9.19. The van der Waals surface area contributed by atoms with E-state index >= 15 is 0 Å². The summed E-state index contributed by atoms with van der Waals surface area (Å²) < 4.78 is 41.1. The first-order valence-corrected chi connectivity index (χ1v) is 4.71. The van der Waals surface area contributed by atoms with E-state index in [4.69, 9.17) is 10.00 Å². The van der Waals surface area contributed by atoms with Crippen LogP contribution >= 0.6 is 0 Å². The van der Waals surface area contributed by atoms with E-state index in [0.29, 0.717) is 6.42 Å². The van der Waals surface area contributed by atoms with E-state index in [1.807, 2.05) is 20.8 Å². The van der Waals surface area contributed by atoms with Crippen LogP contribution in [0.4, 0.5) is 13.2 Å². The van der Waals surface area contributed by atoms with Crippen LogP contribution in [0.25, 0.3) is 0 Å². The number of nitriles is 1. The van der Waals surface area contributed by atoms with Crippen molar-refractivity contribution in [2.24, 2.45) is 11.3 Å². The van der Waals surface area contributed by atoms with Gasteiger partial charge in [-0.1, -0.05) is 20.8 Å². The highest BCUT2D eigenvalue weighted by atomic mass is 19.4. The number of ether oxygens (including phenoxy) is 1. The molecule has 0 aromatic carbocycles. The second-order valence-corrected chi connectivity index (χ2v) is 4.61. The summed E-state index contributed by atoms with van der Waals surface area (Å²) in [6.07, 6.45) is -3.82. The number of rotatable bonds is 4. The molecule has 0 saturated heterocycles. The Balaban J connectivity index is 3.81. The van der Waals surface area contributed by atoms with Gasteiger partial charge in [-0.2, -0.15) is 18.4 Å². The molecule has 2 nitrogen and oxygen atoms in total. The maximum Gasteiger partial charge on any atom is 0.406 e. The molecule has 0 aliphatic rings. The molecular formula is C10H16F3NO. The summed E-state index contributed by atoms with van der Waals surface area (Å²) in [5, 5.41) is 8.27. The van der Waals surface area contributed by atoms with E-state index in [1.54, 1.807) is 0 Å². The van der Waals surface area contributed by atoms with Crippen LogP contribution in [0.2, 0.25) is 0 Å². The Hall–Kier alpha value is -0.760. The summed E-state index contributed by atoms with van der Waals surface area (Å²) in [4.78, 5) is 0. The number of alkyl halides is 3. The van der Waals surface area contributed by atoms with E-state index in [9.17, 15) is 13.2 Å². The summed E-state index contributed by atoms with van der Waals surface area (Å²) in [5.74, 6) is -2.02. The molecule has 0 rings (SSSR count). The number of nitrogens with zero attached hydrogens (tertiary/aromatic N) is 1. The summed E-state index contributed by atoms with van der Waals surface area (Å²) in [6.45, 7) is 5.60. The lowest BCUT2D eigenvalue weighted by molar-refractivity contribution is -0.171. The van der Waals surface area contributed by atoms with Crippen LogP contribution in [0.3, 0.4) is 0 Å². The Morgan fingerprint density at radius 2 is 1.80 bits per heavy atom. The van der Waals surface area contributed by atoms with Gasteiger partial charge in [0.05, 0.1) is 12.7 Å². The SMILES string of the molecule is CC(C)(C)CCOCC(C#N)C(F)(F)F. The molecule has 0 bridgehead atoms. The van der Waals surface area contributed by atoms with Crippen molar-refractivity contribution in [3.8, 4) is 6.07 Å². The van der Waals surface area contributed by atoms with Gasteiger partial charge in [0, 0.05) is 6.61 Å². The molecular weight excluding hydrogens is 207 g/mol. The second kappa shape index (κ2) is 5.36. The van der Waals surface area contributed by atoms with Gasteiger partial charge in [0.2, 0.25) is 0 Å². The molecule has 0 N–H and O–H groups in total. The number of hydrogen-bond acceptors (Lipinski definition) is 2. The Labute approximate surface area is 88.0 Å². The van der Waals surface area contributed by atoms with Gasteiger partial charge in [-0.15, -0.1) is 0 Å². The first-order chi connectivity index (χ1) is 6.67. The maximum atomic E-state index is 12.1. The molecule has 0 aliphatic carbocycles. The first kappa shape index (κ1) is 14.2. The molecule has 0 amide bonds. The van der Waals surface area contributed by atoms with Crippen molar-refractivity contribution in [2.75, 3.05) is 13.2 Å². The van der Waals surface area contributed by atoms with Gasteiger partial charge in [-0.3, -0.25) is 0 Å². The van der Waals surface area contributed by atoms with Gasteiger partial charge < -0.3 is 4.74 Å². The molecule has 0 radical (unpaired) electrons. The van der Waals surface area contributed by atoms with E-state index in [2.05, 4.69) is 0 Å². The zero-order chi connectivity index (χ0) is 12.1. The van der Waals surface area contributed by atoms with Gasteiger partial charge >= 0.3 is 6.18 Å². The molecule has 15 heavy (non-hydrogen) atoms.